The largest absolute Gasteiger partial charge is 0.384 e. The predicted molar refractivity (Wildman–Crippen MR) is 122 cm³/mol. The van der Waals surface area contributed by atoms with Gasteiger partial charge in [-0.3, -0.25) is 4.79 Å². The number of rotatable bonds is 6. The zero-order chi connectivity index (χ0) is 24.5. The molecule has 6 nitrogen and oxygen atoms in total. The van der Waals surface area contributed by atoms with Crippen LogP contribution in [0.2, 0.25) is 0 Å². The Morgan fingerprint density at radius 2 is 2.06 bits per heavy atom. The van der Waals surface area contributed by atoms with E-state index < -0.39 is 29.0 Å². The first-order valence-corrected chi connectivity index (χ1v) is 11.6. The summed E-state index contributed by atoms with van der Waals surface area (Å²) in [6.45, 7) is 2.38. The van der Waals surface area contributed by atoms with E-state index in [2.05, 4.69) is 31.7 Å². The fraction of sp³-hybridized carbons (Fsp3) is 0.333. The van der Waals surface area contributed by atoms with E-state index in [1.54, 1.807) is 12.1 Å². The summed E-state index contributed by atoms with van der Waals surface area (Å²) >= 11 is 3.50. The van der Waals surface area contributed by atoms with Gasteiger partial charge in [-0.05, 0) is 64.6 Å². The highest BCUT2D eigenvalue weighted by atomic mass is 79.9. The smallest absolute Gasteiger partial charge is 0.216 e. The van der Waals surface area contributed by atoms with E-state index in [4.69, 9.17) is 4.52 Å². The molecular weight excluding hydrogens is 515 g/mol. The first-order valence-electron chi connectivity index (χ1n) is 10.8. The number of piperidine rings is 1. The third-order valence-corrected chi connectivity index (χ3v) is 6.89. The van der Waals surface area contributed by atoms with Gasteiger partial charge in [0.25, 0.3) is 0 Å². The molecule has 0 bridgehead atoms. The highest BCUT2D eigenvalue weighted by Crippen LogP contribution is 2.46. The van der Waals surface area contributed by atoms with Crippen LogP contribution in [0, 0.1) is 17.5 Å². The highest BCUT2D eigenvalue weighted by molar-refractivity contribution is 9.10. The minimum Gasteiger partial charge on any atom is -0.384 e. The van der Waals surface area contributed by atoms with Crippen LogP contribution in [-0.4, -0.2) is 35.8 Å². The minimum absolute atomic E-state index is 0.218. The molecule has 2 atom stereocenters. The van der Waals surface area contributed by atoms with Gasteiger partial charge in [-0.2, -0.15) is 0 Å². The maximum atomic E-state index is 14.7. The number of aliphatic hydroxyl groups is 1. The maximum absolute atomic E-state index is 14.7. The maximum Gasteiger partial charge on any atom is 0.216 e. The van der Waals surface area contributed by atoms with Crippen LogP contribution in [0.5, 0.6) is 0 Å². The summed E-state index contributed by atoms with van der Waals surface area (Å²) in [5, 5.41) is 21.6. The molecule has 3 N–H and O–H groups in total. The van der Waals surface area contributed by atoms with Crippen LogP contribution in [0.4, 0.5) is 13.2 Å². The third-order valence-electron chi connectivity index (χ3n) is 6.13. The summed E-state index contributed by atoms with van der Waals surface area (Å²) in [7, 11) is 0. The second-order valence-corrected chi connectivity index (χ2v) is 9.06. The Labute approximate surface area is 202 Å². The van der Waals surface area contributed by atoms with Gasteiger partial charge in [-0.25, -0.2) is 13.2 Å². The molecule has 1 aliphatic rings. The van der Waals surface area contributed by atoms with Gasteiger partial charge in [0.1, 0.15) is 17.1 Å². The van der Waals surface area contributed by atoms with Crippen molar-refractivity contribution in [3.63, 3.8) is 0 Å². The number of hydrogen-bond acceptors (Lipinski definition) is 5. The summed E-state index contributed by atoms with van der Waals surface area (Å²) < 4.78 is 48.2. The molecule has 180 valence electrons. The van der Waals surface area contributed by atoms with E-state index >= 15 is 0 Å². The lowest BCUT2D eigenvalue weighted by Gasteiger charge is -2.39. The van der Waals surface area contributed by atoms with Crippen LogP contribution in [0.15, 0.2) is 45.4 Å². The number of nitrogens with one attached hydrogen (secondary N) is 2. The normalized spacial score (nSPS) is 20.4. The summed E-state index contributed by atoms with van der Waals surface area (Å²) in [6, 6.07) is 7.90. The molecule has 4 rings (SSSR count). The Morgan fingerprint density at radius 1 is 1.26 bits per heavy atom. The third kappa shape index (κ3) is 4.62. The zero-order valence-corrected chi connectivity index (χ0v) is 19.9. The number of halogens is 4. The van der Waals surface area contributed by atoms with Crippen molar-refractivity contribution in [2.75, 3.05) is 19.6 Å². The molecule has 2 heterocycles. The molecule has 1 amide bonds. The molecule has 1 aromatic heterocycles. The summed E-state index contributed by atoms with van der Waals surface area (Å²) in [5.74, 6) is -3.10. The lowest BCUT2D eigenvalue weighted by atomic mass is 9.75. The van der Waals surface area contributed by atoms with E-state index in [9.17, 15) is 23.1 Å². The van der Waals surface area contributed by atoms with Crippen molar-refractivity contribution >= 4 is 21.8 Å². The van der Waals surface area contributed by atoms with Crippen LogP contribution < -0.4 is 10.6 Å². The zero-order valence-electron chi connectivity index (χ0n) is 18.3. The van der Waals surface area contributed by atoms with E-state index in [1.807, 2.05) is 0 Å². The van der Waals surface area contributed by atoms with Gasteiger partial charge in [-0.1, -0.05) is 23.4 Å². The average molecular weight is 538 g/mol. The van der Waals surface area contributed by atoms with Crippen molar-refractivity contribution < 1.29 is 27.6 Å². The Hall–Kier alpha value is -2.69. The van der Waals surface area contributed by atoms with E-state index in [1.165, 1.54) is 19.1 Å². The van der Waals surface area contributed by atoms with Gasteiger partial charge in [0, 0.05) is 25.6 Å². The van der Waals surface area contributed by atoms with E-state index in [-0.39, 0.29) is 30.9 Å². The van der Waals surface area contributed by atoms with Crippen LogP contribution in [-0.2, 0) is 16.8 Å². The predicted octanol–water partition coefficient (Wildman–Crippen LogP) is 4.16. The van der Waals surface area contributed by atoms with Crippen molar-refractivity contribution in [1.29, 1.82) is 0 Å². The first kappa shape index (κ1) is 24.4. The second kappa shape index (κ2) is 9.89. The Morgan fingerprint density at radius 3 is 2.79 bits per heavy atom. The van der Waals surface area contributed by atoms with Gasteiger partial charge in [0.2, 0.25) is 5.91 Å². The fourth-order valence-electron chi connectivity index (χ4n) is 4.36. The number of amides is 1. The van der Waals surface area contributed by atoms with Gasteiger partial charge >= 0.3 is 0 Å². The van der Waals surface area contributed by atoms with Crippen molar-refractivity contribution in [1.82, 2.24) is 15.8 Å². The SMILES string of the molecule is CC(=O)NCCc1c(F)cccc1-c1noc([C@@H]2CNCC[C@]2(O)c2ccc(F)c(F)c2)c1Br. The van der Waals surface area contributed by atoms with Gasteiger partial charge < -0.3 is 20.3 Å². The molecule has 1 aliphatic heterocycles. The molecule has 2 aromatic carbocycles. The molecule has 3 aromatic rings. The van der Waals surface area contributed by atoms with Crippen molar-refractivity contribution in [3.05, 3.63) is 75.2 Å². The lowest BCUT2D eigenvalue weighted by Crippen LogP contribution is -2.46. The monoisotopic (exact) mass is 537 g/mol. The van der Waals surface area contributed by atoms with Crippen molar-refractivity contribution in [2.45, 2.75) is 31.3 Å². The lowest BCUT2D eigenvalue weighted by molar-refractivity contribution is -0.118. The first-order chi connectivity index (χ1) is 16.2. The number of benzene rings is 2. The molecular formula is C24H23BrF3N3O3. The molecule has 0 spiro atoms. The van der Waals surface area contributed by atoms with Gasteiger partial charge in [0.15, 0.2) is 17.4 Å². The number of carbonyl (C=O) groups is 1. The topological polar surface area (TPSA) is 87.4 Å². The van der Waals surface area contributed by atoms with E-state index in [0.29, 0.717) is 40.1 Å². The fourth-order valence-corrected chi connectivity index (χ4v) is 5.00. The summed E-state index contributed by atoms with van der Waals surface area (Å²) in [4.78, 5) is 11.2. The highest BCUT2D eigenvalue weighted by Gasteiger charge is 2.45. The average Bonchev–Trinajstić information content (AvgIpc) is 3.17. The Balaban J connectivity index is 1.73. The minimum atomic E-state index is -1.55. The summed E-state index contributed by atoms with van der Waals surface area (Å²) in [6.07, 6.45) is 0.465. The Bertz CT molecular complexity index is 1220. The van der Waals surface area contributed by atoms with E-state index in [0.717, 1.165) is 12.1 Å². The number of carbonyl (C=O) groups excluding carboxylic acids is 1. The molecule has 34 heavy (non-hydrogen) atoms. The quantitative estimate of drug-likeness (QED) is 0.439. The molecule has 0 saturated carbocycles. The molecule has 0 radical (unpaired) electrons. The molecule has 0 unspecified atom stereocenters. The molecule has 1 saturated heterocycles. The van der Waals surface area contributed by atoms with Gasteiger partial charge in [-0.15, -0.1) is 0 Å². The van der Waals surface area contributed by atoms with Crippen molar-refractivity contribution in [2.24, 2.45) is 0 Å². The van der Waals surface area contributed by atoms with Crippen LogP contribution in [0.1, 0.15) is 36.1 Å². The van der Waals surface area contributed by atoms with Gasteiger partial charge in [0.05, 0.1) is 10.4 Å². The van der Waals surface area contributed by atoms with Crippen LogP contribution >= 0.6 is 15.9 Å². The van der Waals surface area contributed by atoms with Crippen LogP contribution in [0.25, 0.3) is 11.3 Å². The molecule has 0 aliphatic carbocycles. The number of hydrogen-bond donors (Lipinski definition) is 3. The van der Waals surface area contributed by atoms with Crippen LogP contribution in [0.3, 0.4) is 0 Å². The summed E-state index contributed by atoms with van der Waals surface area (Å²) in [5.41, 5.74) is -0.146. The van der Waals surface area contributed by atoms with Crippen molar-refractivity contribution in [3.8, 4) is 11.3 Å². The Kier molecular flexibility index (Phi) is 7.11. The number of aromatic nitrogens is 1. The standard InChI is InChI=1S/C24H23BrF3N3O3/c1-13(32)30-9-7-15-16(3-2-4-18(15)26)22-21(25)23(34-31-22)17-12-29-10-8-24(17,33)14-5-6-19(27)20(28)11-14/h2-6,11,17,29,33H,7-10,12H2,1H3,(H,30,32)/t17-,24-/m0/s1. The molecule has 10 heteroatoms. The molecule has 1 fully saturated rings. The second-order valence-electron chi connectivity index (χ2n) is 8.27. The number of nitrogens with zero attached hydrogens (tertiary/aromatic N) is 1.